The van der Waals surface area contributed by atoms with Gasteiger partial charge in [-0.15, -0.1) is 0 Å². The number of aromatic hydroxyl groups is 1. The molecule has 0 radical (unpaired) electrons. The quantitative estimate of drug-likeness (QED) is 0.315. The Balaban J connectivity index is 1.33. The molecule has 1 amide bonds. The van der Waals surface area contributed by atoms with E-state index in [9.17, 15) is 20.1 Å². The van der Waals surface area contributed by atoms with Crippen LogP contribution >= 0.6 is 0 Å². The fraction of sp³-hybridized carbons (Fsp3) is 0.519. The third-order valence-electron chi connectivity index (χ3n) is 9.00. The van der Waals surface area contributed by atoms with Crippen LogP contribution in [0.15, 0.2) is 35.9 Å². The van der Waals surface area contributed by atoms with Gasteiger partial charge in [0.25, 0.3) is 5.91 Å². The number of rotatable bonds is 6. The normalized spacial score (nSPS) is 32.7. The van der Waals surface area contributed by atoms with Crippen LogP contribution in [0.5, 0.6) is 17.4 Å². The molecule has 6 N–H and O–H groups in total. The summed E-state index contributed by atoms with van der Waals surface area (Å²) in [5, 5.41) is 41.4. The summed E-state index contributed by atoms with van der Waals surface area (Å²) in [6, 6.07) is 4.79. The lowest BCUT2D eigenvalue weighted by atomic mass is 9.60. The molecule has 2 bridgehead atoms. The molecule has 11 nitrogen and oxygen atoms in total. The van der Waals surface area contributed by atoms with E-state index < -0.39 is 23.2 Å². The number of ether oxygens (including phenoxy) is 2. The number of carbonyl (C=O) groups is 1. The van der Waals surface area contributed by atoms with Crippen molar-refractivity contribution in [2.75, 3.05) is 25.1 Å². The van der Waals surface area contributed by atoms with Gasteiger partial charge in [0, 0.05) is 30.4 Å². The molecule has 1 aromatic heterocycles. The van der Waals surface area contributed by atoms with Crippen LogP contribution in [0.1, 0.15) is 43.7 Å². The first-order valence-electron chi connectivity index (χ1n) is 13.4. The van der Waals surface area contributed by atoms with Gasteiger partial charge in [-0.2, -0.15) is 0 Å². The predicted octanol–water partition coefficient (Wildman–Crippen LogP) is 0.293. The minimum Gasteiger partial charge on any atom is -0.508 e. The lowest BCUT2D eigenvalue weighted by Gasteiger charge is -2.57. The smallest absolute Gasteiger partial charge is 0.256 e. The number of aryl methyl sites for hydroxylation is 1. The van der Waals surface area contributed by atoms with E-state index in [4.69, 9.17) is 9.47 Å². The predicted molar refractivity (Wildman–Crippen MR) is 134 cm³/mol. The highest BCUT2D eigenvalue weighted by molar-refractivity contribution is 6.04. The second-order valence-electron chi connectivity index (χ2n) is 11.1. The number of hydrogen-bond donors (Lipinski definition) is 6. The number of hydrogen-bond acceptors (Lipinski definition) is 9. The van der Waals surface area contributed by atoms with Crippen LogP contribution < -0.4 is 25.0 Å². The Labute approximate surface area is 219 Å². The van der Waals surface area contributed by atoms with Crippen LogP contribution in [0.4, 0.5) is 5.82 Å². The second kappa shape index (κ2) is 8.29. The number of benzene rings is 1. The maximum atomic E-state index is 13.6. The Morgan fingerprint density at radius 1 is 1.29 bits per heavy atom. The number of aromatic nitrogens is 2. The molecule has 38 heavy (non-hydrogen) atoms. The molecule has 7 rings (SSSR count). The number of aliphatic hydroxyl groups excluding tert-OH is 1. The zero-order valence-electron chi connectivity index (χ0n) is 21.2. The summed E-state index contributed by atoms with van der Waals surface area (Å²) >= 11 is 0. The summed E-state index contributed by atoms with van der Waals surface area (Å²) in [6.07, 6.45) is 3.95. The summed E-state index contributed by atoms with van der Waals surface area (Å²) in [6.45, 7) is 3.77. The fourth-order valence-corrected chi connectivity index (χ4v) is 7.19. The number of quaternary nitrogens is 1. The molecule has 2 aromatic rings. The molecular formula is C27H32N5O6+. The van der Waals surface area contributed by atoms with Crippen molar-refractivity contribution in [2.24, 2.45) is 5.92 Å². The molecule has 1 spiro atoms. The number of nitrogens with zero attached hydrogens (tertiary/aromatic N) is 2. The summed E-state index contributed by atoms with van der Waals surface area (Å²) in [5.41, 5.74) is -0.923. The Morgan fingerprint density at radius 3 is 2.92 bits per heavy atom. The molecule has 5 atom stereocenters. The Bertz CT molecular complexity index is 1360. The molecule has 200 valence electrons. The van der Waals surface area contributed by atoms with Crippen molar-refractivity contribution in [1.82, 2.24) is 15.3 Å². The van der Waals surface area contributed by atoms with Crippen LogP contribution in [-0.4, -0.2) is 68.8 Å². The monoisotopic (exact) mass is 522 g/mol. The first kappa shape index (κ1) is 23.7. The highest BCUT2D eigenvalue weighted by Crippen LogP contribution is 2.60. The molecule has 3 heterocycles. The third kappa shape index (κ3) is 3.21. The molecule has 11 heteroatoms. The first-order chi connectivity index (χ1) is 18.4. The van der Waals surface area contributed by atoms with E-state index in [1.54, 1.807) is 6.07 Å². The number of nitrogens with one attached hydrogen (secondary N) is 3. The van der Waals surface area contributed by atoms with Gasteiger partial charge in [-0.05, 0) is 37.8 Å². The van der Waals surface area contributed by atoms with Gasteiger partial charge in [0.1, 0.15) is 41.8 Å². The summed E-state index contributed by atoms with van der Waals surface area (Å²) in [7, 11) is 0. The van der Waals surface area contributed by atoms with E-state index in [2.05, 4.69) is 20.6 Å². The van der Waals surface area contributed by atoms with Crippen molar-refractivity contribution in [2.45, 2.75) is 62.3 Å². The highest BCUT2D eigenvalue weighted by Gasteiger charge is 2.74. The minimum absolute atomic E-state index is 0.0416. The number of phenols is 1. The summed E-state index contributed by atoms with van der Waals surface area (Å²) in [5.74, 6) is 0.543. The van der Waals surface area contributed by atoms with E-state index in [-0.39, 0.29) is 41.1 Å². The van der Waals surface area contributed by atoms with Crippen molar-refractivity contribution < 1.29 is 34.5 Å². The first-order valence-corrected chi connectivity index (χ1v) is 13.4. The molecule has 2 fully saturated rings. The van der Waals surface area contributed by atoms with Crippen LogP contribution in [-0.2, 0) is 16.8 Å². The SMILES string of the molecule is CCOc1cc(NC(=O)C2=C(O)C3Oc4c(O)ccc5c4C34NC[NH+](CC3CC3)C(CC5)C4(O)C2)ncn1. The number of carbonyl (C=O) groups excluding carboxylic acids is 1. The van der Waals surface area contributed by atoms with E-state index in [1.165, 1.54) is 30.1 Å². The standard InChI is InChI=1S/C27H31N5O6/c1-2-37-20-9-19(28-12-29-20)31-25(35)16-10-26(36)18-8-6-15-5-7-17(33)23-21(15)27(26,24(38-23)22(16)34)30-13-32(18)11-14-3-4-14/h5,7,9,12,14,18,24,30,33-34,36H,2-4,6,8,10-11,13H2,1H3,(H,28,29,31,35)/p+1. The maximum absolute atomic E-state index is 13.6. The lowest BCUT2D eigenvalue weighted by molar-refractivity contribution is -0.946. The number of phenolic OH excluding ortho intramolecular Hbond substituents is 1. The van der Waals surface area contributed by atoms with Crippen LogP contribution in [0.25, 0.3) is 0 Å². The zero-order valence-corrected chi connectivity index (χ0v) is 21.2. The minimum atomic E-state index is -1.45. The van der Waals surface area contributed by atoms with E-state index in [0.29, 0.717) is 43.5 Å². The van der Waals surface area contributed by atoms with Crippen molar-refractivity contribution in [1.29, 1.82) is 0 Å². The van der Waals surface area contributed by atoms with Gasteiger partial charge in [-0.1, -0.05) is 6.07 Å². The van der Waals surface area contributed by atoms with Gasteiger partial charge in [-0.3, -0.25) is 10.1 Å². The number of anilines is 1. The van der Waals surface area contributed by atoms with Gasteiger partial charge in [0.2, 0.25) is 5.88 Å². The molecule has 1 aromatic carbocycles. The Kier molecular flexibility index (Phi) is 5.17. The molecule has 2 aliphatic heterocycles. The Hall–Kier alpha value is -3.41. The third-order valence-corrected chi connectivity index (χ3v) is 9.00. The largest absolute Gasteiger partial charge is 0.508 e. The molecule has 5 aliphatic rings. The van der Waals surface area contributed by atoms with Gasteiger partial charge in [0.05, 0.1) is 18.7 Å². The highest BCUT2D eigenvalue weighted by atomic mass is 16.5. The topological polar surface area (TPSA) is 150 Å². The average Bonchev–Trinajstić information content (AvgIpc) is 3.64. The molecule has 5 unspecified atom stereocenters. The van der Waals surface area contributed by atoms with Gasteiger partial charge < -0.3 is 35.0 Å². The second-order valence-corrected chi connectivity index (χ2v) is 11.1. The molecular weight excluding hydrogens is 490 g/mol. The summed E-state index contributed by atoms with van der Waals surface area (Å²) in [4.78, 5) is 23.0. The van der Waals surface area contributed by atoms with Crippen molar-refractivity contribution in [3.8, 4) is 17.4 Å². The van der Waals surface area contributed by atoms with Gasteiger partial charge in [0.15, 0.2) is 17.6 Å². The molecule has 1 saturated carbocycles. The van der Waals surface area contributed by atoms with E-state index in [1.807, 2.05) is 13.0 Å². The number of aliphatic hydroxyl groups is 2. The van der Waals surface area contributed by atoms with E-state index >= 15 is 0 Å². The van der Waals surface area contributed by atoms with Crippen molar-refractivity contribution in [3.05, 3.63) is 47.0 Å². The van der Waals surface area contributed by atoms with Crippen molar-refractivity contribution in [3.63, 3.8) is 0 Å². The molecule has 1 saturated heterocycles. The van der Waals surface area contributed by atoms with Crippen LogP contribution in [0.3, 0.4) is 0 Å². The average molecular weight is 523 g/mol. The van der Waals surface area contributed by atoms with Gasteiger partial charge in [-0.25, -0.2) is 9.97 Å². The fourth-order valence-electron chi connectivity index (χ4n) is 7.19. The van der Waals surface area contributed by atoms with E-state index in [0.717, 1.165) is 12.1 Å². The van der Waals surface area contributed by atoms with Crippen LogP contribution in [0.2, 0.25) is 0 Å². The number of amides is 1. The van der Waals surface area contributed by atoms with Crippen LogP contribution in [0, 0.1) is 5.92 Å². The lowest BCUT2D eigenvalue weighted by Crippen LogP contribution is -3.23. The zero-order chi connectivity index (χ0) is 26.2. The molecule has 3 aliphatic carbocycles. The maximum Gasteiger partial charge on any atom is 0.256 e. The Morgan fingerprint density at radius 2 is 2.13 bits per heavy atom. The van der Waals surface area contributed by atoms with Crippen molar-refractivity contribution >= 4 is 11.7 Å². The van der Waals surface area contributed by atoms with Gasteiger partial charge >= 0.3 is 0 Å². The summed E-state index contributed by atoms with van der Waals surface area (Å²) < 4.78 is 11.6.